The van der Waals surface area contributed by atoms with E-state index in [2.05, 4.69) is 16.6 Å². The molecule has 1 N–H and O–H groups in total. The molecule has 120 valence electrons. The molecule has 2 heterocycles. The predicted octanol–water partition coefficient (Wildman–Crippen LogP) is 0.777. The Balaban J connectivity index is 1.84. The molecule has 0 aliphatic carbocycles. The summed E-state index contributed by atoms with van der Waals surface area (Å²) in [6, 6.07) is 9.30. The van der Waals surface area contributed by atoms with Crippen LogP contribution in [0.15, 0.2) is 54.0 Å². The largest absolute Gasteiger partial charge is 0.358 e. The average Bonchev–Trinajstić information content (AvgIpc) is 2.59. The molecule has 1 saturated heterocycles. The van der Waals surface area contributed by atoms with E-state index in [0.717, 1.165) is 38.4 Å². The Hall–Kier alpha value is -2.11. The van der Waals surface area contributed by atoms with Gasteiger partial charge in [0.15, 0.2) is 0 Å². The lowest BCUT2D eigenvalue weighted by atomic mass is 10.2. The molecule has 1 aromatic carbocycles. The van der Waals surface area contributed by atoms with Gasteiger partial charge in [0.1, 0.15) is 5.02 Å². The molecule has 3 rings (SSSR count). The van der Waals surface area contributed by atoms with Gasteiger partial charge in [0.2, 0.25) is 0 Å². The molecule has 0 spiro atoms. The number of anilines is 1. The maximum absolute atomic E-state index is 12.5. The lowest BCUT2D eigenvalue weighted by Crippen LogP contribution is -3.14. The van der Waals surface area contributed by atoms with Crippen LogP contribution in [0.25, 0.3) is 5.69 Å². The van der Waals surface area contributed by atoms with Crippen LogP contribution in [0.4, 0.5) is 5.69 Å². The van der Waals surface area contributed by atoms with Crippen molar-refractivity contribution in [1.82, 2.24) is 9.78 Å². The molecule has 0 bridgehead atoms. The zero-order valence-corrected chi connectivity index (χ0v) is 13.7. The fourth-order valence-corrected chi connectivity index (χ4v) is 3.12. The first kappa shape index (κ1) is 15.8. The molecule has 1 aromatic heterocycles. The molecule has 0 radical (unpaired) electrons. The first-order valence-corrected chi connectivity index (χ1v) is 8.11. The molecule has 0 saturated carbocycles. The van der Waals surface area contributed by atoms with Crippen LogP contribution in [0.3, 0.4) is 0 Å². The number of nitrogens with one attached hydrogen (secondary N) is 1. The number of halogens is 1. The minimum Gasteiger partial charge on any atom is -0.358 e. The van der Waals surface area contributed by atoms with Gasteiger partial charge < -0.3 is 9.80 Å². The molecule has 1 aliphatic heterocycles. The van der Waals surface area contributed by atoms with E-state index < -0.39 is 0 Å². The molecule has 6 heteroatoms. The number of rotatable bonds is 4. The van der Waals surface area contributed by atoms with Gasteiger partial charge in [-0.15, -0.1) is 0 Å². The van der Waals surface area contributed by atoms with Crippen LogP contribution >= 0.6 is 11.6 Å². The summed E-state index contributed by atoms with van der Waals surface area (Å²) in [6.45, 7) is 8.48. The highest BCUT2D eigenvalue weighted by Gasteiger charge is 2.22. The third-order valence-electron chi connectivity index (χ3n) is 4.15. The molecule has 1 fully saturated rings. The Kier molecular flexibility index (Phi) is 4.79. The summed E-state index contributed by atoms with van der Waals surface area (Å²) in [5.41, 5.74) is 1.16. The highest BCUT2D eigenvalue weighted by atomic mass is 35.5. The van der Waals surface area contributed by atoms with Crippen molar-refractivity contribution in [3.05, 3.63) is 64.6 Å². The van der Waals surface area contributed by atoms with E-state index in [1.807, 2.05) is 36.4 Å². The van der Waals surface area contributed by atoms with Gasteiger partial charge in [-0.1, -0.05) is 36.4 Å². The highest BCUT2D eigenvalue weighted by molar-refractivity contribution is 6.33. The second-order valence-electron chi connectivity index (χ2n) is 5.63. The Bertz CT molecular complexity index is 736. The van der Waals surface area contributed by atoms with Crippen LogP contribution in [0.5, 0.6) is 0 Å². The third-order valence-corrected chi connectivity index (χ3v) is 4.50. The fourth-order valence-electron chi connectivity index (χ4n) is 2.87. The lowest BCUT2D eigenvalue weighted by molar-refractivity contribution is -0.894. The van der Waals surface area contributed by atoms with Crippen LogP contribution in [-0.4, -0.2) is 42.5 Å². The summed E-state index contributed by atoms with van der Waals surface area (Å²) < 4.78 is 1.34. The van der Waals surface area contributed by atoms with Gasteiger partial charge in [0, 0.05) is 0 Å². The number of hydrogen-bond acceptors (Lipinski definition) is 3. The average molecular weight is 332 g/mol. The normalized spacial score (nSPS) is 15.6. The molecular weight excluding hydrogens is 312 g/mol. The molecule has 0 atom stereocenters. The smallest absolute Gasteiger partial charge is 0.292 e. The van der Waals surface area contributed by atoms with Gasteiger partial charge in [0.25, 0.3) is 5.56 Å². The zero-order chi connectivity index (χ0) is 16.2. The molecule has 23 heavy (non-hydrogen) atoms. The first-order chi connectivity index (χ1) is 11.2. The van der Waals surface area contributed by atoms with E-state index in [0.29, 0.717) is 5.69 Å². The molecule has 2 aromatic rings. The van der Waals surface area contributed by atoms with Crippen LogP contribution in [0.2, 0.25) is 5.02 Å². The van der Waals surface area contributed by atoms with Crippen molar-refractivity contribution in [2.45, 2.75) is 0 Å². The monoisotopic (exact) mass is 331 g/mol. The van der Waals surface area contributed by atoms with E-state index in [1.54, 1.807) is 6.20 Å². The van der Waals surface area contributed by atoms with Crippen molar-refractivity contribution in [2.24, 2.45) is 0 Å². The highest BCUT2D eigenvalue weighted by Crippen LogP contribution is 2.21. The third kappa shape index (κ3) is 3.30. The second kappa shape index (κ2) is 6.98. The summed E-state index contributed by atoms with van der Waals surface area (Å²) in [5, 5.41) is 4.53. The van der Waals surface area contributed by atoms with Crippen molar-refractivity contribution in [3.8, 4) is 5.69 Å². The number of piperazine rings is 1. The van der Waals surface area contributed by atoms with Gasteiger partial charge in [-0.2, -0.15) is 9.78 Å². The van der Waals surface area contributed by atoms with Crippen LogP contribution in [0, 0.1) is 0 Å². The lowest BCUT2D eigenvalue weighted by Gasteiger charge is -2.33. The van der Waals surface area contributed by atoms with E-state index >= 15 is 0 Å². The number of para-hydroxylation sites is 1. The number of nitrogens with zero attached hydrogens (tertiary/aromatic N) is 3. The van der Waals surface area contributed by atoms with E-state index in [4.69, 9.17) is 11.6 Å². The van der Waals surface area contributed by atoms with Gasteiger partial charge in [-0.3, -0.25) is 4.79 Å². The van der Waals surface area contributed by atoms with Crippen molar-refractivity contribution in [3.63, 3.8) is 0 Å². The van der Waals surface area contributed by atoms with Gasteiger partial charge in [-0.05, 0) is 18.2 Å². The Morgan fingerprint density at radius 1 is 1.26 bits per heavy atom. The van der Waals surface area contributed by atoms with E-state index in [9.17, 15) is 4.79 Å². The topological polar surface area (TPSA) is 42.6 Å². The molecule has 0 unspecified atom stereocenters. The van der Waals surface area contributed by atoms with Crippen LogP contribution in [-0.2, 0) is 0 Å². The van der Waals surface area contributed by atoms with Crippen LogP contribution in [0.1, 0.15) is 0 Å². The minimum absolute atomic E-state index is 0.232. The number of benzene rings is 1. The Morgan fingerprint density at radius 3 is 2.61 bits per heavy atom. The predicted molar refractivity (Wildman–Crippen MR) is 92.8 cm³/mol. The molecule has 1 aliphatic rings. The number of hydrogen-bond donors (Lipinski definition) is 1. The van der Waals surface area contributed by atoms with Gasteiger partial charge in [0.05, 0.1) is 50.3 Å². The summed E-state index contributed by atoms with van der Waals surface area (Å²) in [7, 11) is 0. The maximum atomic E-state index is 12.5. The first-order valence-electron chi connectivity index (χ1n) is 7.73. The number of aromatic nitrogens is 2. The fraction of sp³-hybridized carbons (Fsp3) is 0.294. The van der Waals surface area contributed by atoms with Gasteiger partial charge in [-0.25, -0.2) is 0 Å². The number of quaternary nitrogens is 1. The van der Waals surface area contributed by atoms with Crippen molar-refractivity contribution < 1.29 is 4.90 Å². The van der Waals surface area contributed by atoms with Gasteiger partial charge >= 0.3 is 0 Å². The zero-order valence-electron chi connectivity index (χ0n) is 12.9. The molecule has 0 amide bonds. The second-order valence-corrected chi connectivity index (χ2v) is 6.00. The molecular formula is C17H20ClN4O+. The maximum Gasteiger partial charge on any atom is 0.292 e. The quantitative estimate of drug-likeness (QED) is 0.842. The summed E-state index contributed by atoms with van der Waals surface area (Å²) >= 11 is 6.34. The Morgan fingerprint density at radius 2 is 1.96 bits per heavy atom. The SMILES string of the molecule is C=CC[NH+]1CCN(c2cnn(-c3ccccc3)c(=O)c2Cl)CC1. The minimum atomic E-state index is -0.281. The summed E-state index contributed by atoms with van der Waals surface area (Å²) in [6.07, 6.45) is 3.63. The Labute approximate surface area is 140 Å². The van der Waals surface area contributed by atoms with Crippen molar-refractivity contribution in [1.29, 1.82) is 0 Å². The molecule has 5 nitrogen and oxygen atoms in total. The van der Waals surface area contributed by atoms with Crippen molar-refractivity contribution in [2.75, 3.05) is 37.6 Å². The summed E-state index contributed by atoms with van der Waals surface area (Å²) in [4.78, 5) is 16.2. The van der Waals surface area contributed by atoms with E-state index in [-0.39, 0.29) is 10.6 Å². The standard InChI is InChI=1S/C17H19ClN4O/c1-2-8-20-9-11-21(12-10-20)15-13-19-22(17(23)16(15)18)14-6-4-3-5-7-14/h2-7,13H,1,8-12H2/p+1. The van der Waals surface area contributed by atoms with Crippen molar-refractivity contribution >= 4 is 17.3 Å². The summed E-state index contributed by atoms with van der Waals surface area (Å²) in [5.74, 6) is 0. The van der Waals surface area contributed by atoms with Crippen LogP contribution < -0.4 is 15.4 Å². The van der Waals surface area contributed by atoms with E-state index in [1.165, 1.54) is 9.58 Å².